The number of hydrogen-bond donors (Lipinski definition) is 1. The largest absolute Gasteiger partial charge is 0.481 e. The number of allylic oxidation sites excluding steroid dienone is 5. The molecule has 1 saturated carbocycles. The molecule has 0 bridgehead atoms. The van der Waals surface area contributed by atoms with Crippen molar-refractivity contribution in [1.82, 2.24) is 0 Å². The molecule has 0 spiro atoms. The second-order valence-electron chi connectivity index (χ2n) is 4.11. The van der Waals surface area contributed by atoms with Crippen molar-refractivity contribution in [2.45, 2.75) is 17.4 Å². The van der Waals surface area contributed by atoms with Crippen LogP contribution in [0.4, 0.5) is 13.2 Å². The average molecular weight is 315 g/mol. The minimum atomic E-state index is -4.52. The van der Waals surface area contributed by atoms with Crippen LogP contribution in [-0.2, 0) is 4.79 Å². The molecule has 106 valence electrons. The van der Waals surface area contributed by atoms with Gasteiger partial charge < -0.3 is 5.11 Å². The van der Waals surface area contributed by atoms with Crippen molar-refractivity contribution >= 4 is 29.2 Å². The Morgan fingerprint density at radius 2 is 1.84 bits per heavy atom. The van der Waals surface area contributed by atoms with Gasteiger partial charge in [-0.25, -0.2) is 0 Å². The number of carboxylic acid groups (broad SMARTS) is 1. The smallest absolute Gasteiger partial charge is 0.415 e. The summed E-state index contributed by atoms with van der Waals surface area (Å²) in [5.41, 5.74) is -0.697. The van der Waals surface area contributed by atoms with Gasteiger partial charge in [-0.05, 0) is 12.5 Å². The Morgan fingerprint density at radius 3 is 2.16 bits per heavy atom. The van der Waals surface area contributed by atoms with E-state index in [2.05, 4.69) is 6.58 Å². The number of carboxylic acids is 1. The Bertz CT molecular complexity index is 464. The van der Waals surface area contributed by atoms with Crippen LogP contribution >= 0.6 is 23.2 Å². The van der Waals surface area contributed by atoms with Crippen molar-refractivity contribution in [3.05, 3.63) is 36.0 Å². The van der Waals surface area contributed by atoms with Gasteiger partial charge in [-0.3, -0.25) is 4.79 Å². The lowest BCUT2D eigenvalue weighted by Gasteiger charge is -2.05. The molecule has 0 radical (unpaired) electrons. The van der Waals surface area contributed by atoms with Gasteiger partial charge in [0.2, 0.25) is 0 Å². The lowest BCUT2D eigenvalue weighted by molar-refractivity contribution is -0.138. The molecular formula is C12H11Cl2F3O2. The van der Waals surface area contributed by atoms with Crippen LogP contribution in [0.2, 0.25) is 0 Å². The zero-order valence-electron chi connectivity index (χ0n) is 9.84. The van der Waals surface area contributed by atoms with Crippen LogP contribution in [0.15, 0.2) is 36.0 Å². The minimum absolute atomic E-state index is 0.336. The lowest BCUT2D eigenvalue weighted by atomic mass is 10.1. The van der Waals surface area contributed by atoms with Crippen LogP contribution in [0.3, 0.4) is 0 Å². The molecule has 0 heterocycles. The van der Waals surface area contributed by atoms with E-state index < -0.39 is 33.9 Å². The Kier molecular flexibility index (Phi) is 4.42. The number of aliphatic carboxylic acids is 1. The molecule has 2 atom stereocenters. The van der Waals surface area contributed by atoms with Crippen molar-refractivity contribution in [3.63, 3.8) is 0 Å². The summed E-state index contributed by atoms with van der Waals surface area (Å²) in [5, 5.41) is 8.89. The van der Waals surface area contributed by atoms with Gasteiger partial charge in [-0.2, -0.15) is 13.2 Å². The SMILES string of the molecule is C=C(/C=C\C(=C/C)C1C(C(=O)O)C1(Cl)Cl)C(F)(F)F. The third kappa shape index (κ3) is 3.34. The van der Waals surface area contributed by atoms with E-state index in [0.717, 1.165) is 12.2 Å². The first kappa shape index (κ1) is 16.1. The maximum absolute atomic E-state index is 12.3. The van der Waals surface area contributed by atoms with Crippen LogP contribution in [0.25, 0.3) is 0 Å². The van der Waals surface area contributed by atoms with Crippen LogP contribution in [0.1, 0.15) is 6.92 Å². The van der Waals surface area contributed by atoms with Crippen LogP contribution in [0, 0.1) is 11.8 Å². The fourth-order valence-electron chi connectivity index (χ4n) is 1.72. The Hall–Kier alpha value is -0.940. The third-order valence-electron chi connectivity index (χ3n) is 2.85. The van der Waals surface area contributed by atoms with Crippen molar-refractivity contribution in [2.75, 3.05) is 0 Å². The summed E-state index contributed by atoms with van der Waals surface area (Å²) in [5.74, 6) is -2.93. The van der Waals surface area contributed by atoms with Crippen molar-refractivity contribution in [1.29, 1.82) is 0 Å². The second-order valence-corrected chi connectivity index (χ2v) is 5.56. The molecule has 2 unspecified atom stereocenters. The fourth-order valence-corrected chi connectivity index (χ4v) is 2.54. The van der Waals surface area contributed by atoms with Crippen LogP contribution < -0.4 is 0 Å². The summed E-state index contributed by atoms with van der Waals surface area (Å²) in [6.07, 6.45) is -1.13. The van der Waals surface area contributed by atoms with Gasteiger partial charge in [0, 0.05) is 11.5 Å². The maximum Gasteiger partial charge on any atom is 0.415 e. The first-order valence-corrected chi connectivity index (χ1v) is 6.00. The maximum atomic E-state index is 12.3. The van der Waals surface area contributed by atoms with Crippen molar-refractivity contribution in [2.24, 2.45) is 11.8 Å². The zero-order valence-corrected chi connectivity index (χ0v) is 11.4. The summed E-state index contributed by atoms with van der Waals surface area (Å²) < 4.78 is 35.3. The standard InChI is InChI=1S/C12H11Cl2F3O2/c1-3-7(5-4-6(2)12(15,16)17)8-9(10(18)19)11(8,13)14/h3-5,8-9H,2H2,1H3,(H,18,19)/b5-4-,7-3+. The summed E-state index contributed by atoms with van der Waals surface area (Å²) in [6.45, 7) is 4.45. The first-order valence-electron chi connectivity index (χ1n) is 5.24. The summed E-state index contributed by atoms with van der Waals surface area (Å²) in [6, 6.07) is 0. The van der Waals surface area contributed by atoms with E-state index in [-0.39, 0.29) is 0 Å². The molecule has 1 fully saturated rings. The predicted octanol–water partition coefficient (Wildman–Crippen LogP) is 4.11. The monoisotopic (exact) mass is 314 g/mol. The predicted molar refractivity (Wildman–Crippen MR) is 67.1 cm³/mol. The highest BCUT2D eigenvalue weighted by molar-refractivity contribution is 6.53. The number of carbonyl (C=O) groups is 1. The number of hydrogen-bond acceptors (Lipinski definition) is 1. The van der Waals surface area contributed by atoms with E-state index in [1.54, 1.807) is 6.92 Å². The average Bonchev–Trinajstić information content (AvgIpc) is 2.81. The van der Waals surface area contributed by atoms with E-state index in [1.807, 2.05) is 0 Å². The summed E-state index contributed by atoms with van der Waals surface area (Å²) >= 11 is 11.6. The highest BCUT2D eigenvalue weighted by Crippen LogP contribution is 2.62. The highest BCUT2D eigenvalue weighted by atomic mass is 35.5. The van der Waals surface area contributed by atoms with Crippen LogP contribution in [0.5, 0.6) is 0 Å². The molecule has 1 N–H and O–H groups in total. The quantitative estimate of drug-likeness (QED) is 0.626. The van der Waals surface area contributed by atoms with Gasteiger partial charge in [-0.15, -0.1) is 0 Å². The molecule has 2 nitrogen and oxygen atoms in total. The number of rotatable bonds is 4. The van der Waals surface area contributed by atoms with Crippen LogP contribution in [-0.4, -0.2) is 21.6 Å². The highest BCUT2D eigenvalue weighted by Gasteiger charge is 2.68. The Labute approximate surface area is 118 Å². The Morgan fingerprint density at radius 1 is 1.32 bits per heavy atom. The third-order valence-corrected chi connectivity index (χ3v) is 3.79. The van der Waals surface area contributed by atoms with Gasteiger partial charge in [-0.1, -0.05) is 48.0 Å². The first-order chi connectivity index (χ1) is 8.53. The van der Waals surface area contributed by atoms with E-state index in [1.165, 1.54) is 6.08 Å². The van der Waals surface area contributed by atoms with E-state index in [0.29, 0.717) is 5.57 Å². The lowest BCUT2D eigenvalue weighted by Crippen LogP contribution is -2.08. The molecule has 7 heteroatoms. The van der Waals surface area contributed by atoms with E-state index in [4.69, 9.17) is 28.3 Å². The van der Waals surface area contributed by atoms with Crippen molar-refractivity contribution in [3.8, 4) is 0 Å². The molecule has 0 saturated heterocycles. The molecule has 19 heavy (non-hydrogen) atoms. The molecule has 1 aliphatic rings. The van der Waals surface area contributed by atoms with Gasteiger partial charge >= 0.3 is 12.1 Å². The number of halogens is 5. The molecule has 0 aliphatic heterocycles. The normalized spacial score (nSPS) is 26.5. The topological polar surface area (TPSA) is 37.3 Å². The summed E-state index contributed by atoms with van der Waals surface area (Å²) in [4.78, 5) is 10.9. The zero-order chi connectivity index (χ0) is 15.0. The van der Waals surface area contributed by atoms with Gasteiger partial charge in [0.05, 0.1) is 5.92 Å². The molecular weight excluding hydrogens is 304 g/mol. The van der Waals surface area contributed by atoms with Crippen molar-refractivity contribution < 1.29 is 23.1 Å². The van der Waals surface area contributed by atoms with E-state index in [9.17, 15) is 18.0 Å². The van der Waals surface area contributed by atoms with Gasteiger partial charge in [0.1, 0.15) is 4.33 Å². The summed E-state index contributed by atoms with van der Waals surface area (Å²) in [7, 11) is 0. The van der Waals surface area contributed by atoms with Gasteiger partial charge in [0.15, 0.2) is 0 Å². The second kappa shape index (κ2) is 5.21. The molecule has 0 aromatic rings. The molecule has 1 rings (SSSR count). The Balaban J connectivity index is 2.87. The fraction of sp³-hybridized carbons (Fsp3) is 0.417. The minimum Gasteiger partial charge on any atom is -0.481 e. The number of alkyl halides is 5. The molecule has 0 aromatic carbocycles. The van der Waals surface area contributed by atoms with Gasteiger partial charge in [0.25, 0.3) is 0 Å². The molecule has 0 amide bonds. The van der Waals surface area contributed by atoms with E-state index >= 15 is 0 Å². The molecule has 0 aromatic heterocycles. The molecule has 1 aliphatic carbocycles.